The molecule has 0 aliphatic rings. The molecule has 0 heterocycles. The Kier molecular flexibility index (Phi) is 4.58. The average molecular weight is 331 g/mol. The lowest BCUT2D eigenvalue weighted by atomic mass is 10.2. The third kappa shape index (κ3) is 3.66. The predicted molar refractivity (Wildman–Crippen MR) is 80.6 cm³/mol. The molecular weight excluding hydrogens is 319 g/mol. The van der Waals surface area contributed by atoms with E-state index < -0.39 is 9.84 Å². The fourth-order valence-electron chi connectivity index (χ4n) is 1.59. The summed E-state index contributed by atoms with van der Waals surface area (Å²) < 4.78 is 28.3. The van der Waals surface area contributed by atoms with Crippen LogP contribution in [-0.4, -0.2) is 14.7 Å². The zero-order valence-electron chi connectivity index (χ0n) is 10.6. The lowest BCUT2D eigenvalue weighted by Gasteiger charge is -2.09. The van der Waals surface area contributed by atoms with E-state index in [1.54, 1.807) is 24.3 Å². The van der Waals surface area contributed by atoms with Gasteiger partial charge in [-0.1, -0.05) is 17.7 Å². The van der Waals surface area contributed by atoms with Crippen LogP contribution in [0.2, 0.25) is 5.02 Å². The van der Waals surface area contributed by atoms with E-state index in [1.807, 2.05) is 6.07 Å². The van der Waals surface area contributed by atoms with Gasteiger partial charge in [-0.3, -0.25) is 0 Å². The highest BCUT2D eigenvalue weighted by molar-refractivity contribution is 7.90. The highest BCUT2D eigenvalue weighted by Gasteiger charge is 2.08. The highest BCUT2D eigenvalue weighted by Crippen LogP contribution is 2.30. The van der Waals surface area contributed by atoms with Gasteiger partial charge in [0.1, 0.15) is 11.5 Å². The molecule has 0 unspecified atom stereocenters. The van der Waals surface area contributed by atoms with Crippen LogP contribution in [0.5, 0.6) is 11.5 Å². The summed E-state index contributed by atoms with van der Waals surface area (Å²) in [5.74, 6) is 1.38. The molecule has 0 bridgehead atoms. The van der Waals surface area contributed by atoms with E-state index in [0.29, 0.717) is 22.4 Å². The van der Waals surface area contributed by atoms with Gasteiger partial charge in [0.05, 0.1) is 9.92 Å². The van der Waals surface area contributed by atoms with Crippen LogP contribution in [0.15, 0.2) is 47.4 Å². The van der Waals surface area contributed by atoms with Gasteiger partial charge in [-0.15, -0.1) is 11.6 Å². The molecule has 0 amide bonds. The quantitative estimate of drug-likeness (QED) is 0.786. The molecule has 2 aromatic carbocycles. The Bertz CT molecular complexity index is 710. The maximum Gasteiger partial charge on any atom is 0.175 e. The highest BCUT2D eigenvalue weighted by atomic mass is 35.5. The Balaban J connectivity index is 2.22. The van der Waals surface area contributed by atoms with Gasteiger partial charge in [0.15, 0.2) is 9.84 Å². The number of alkyl halides is 1. The Morgan fingerprint density at radius 2 is 1.75 bits per heavy atom. The molecule has 0 aliphatic heterocycles. The summed E-state index contributed by atoms with van der Waals surface area (Å²) in [6.07, 6.45) is 1.16. The maximum absolute atomic E-state index is 11.4. The van der Waals surface area contributed by atoms with Crippen LogP contribution in [0.1, 0.15) is 5.56 Å². The molecular formula is C14H12Cl2O3S. The first-order chi connectivity index (χ1) is 9.40. The van der Waals surface area contributed by atoms with Gasteiger partial charge in [0, 0.05) is 12.1 Å². The first-order valence-corrected chi connectivity index (χ1v) is 8.53. The van der Waals surface area contributed by atoms with Crippen molar-refractivity contribution in [3.63, 3.8) is 0 Å². The number of rotatable bonds is 4. The van der Waals surface area contributed by atoms with Crippen LogP contribution < -0.4 is 4.74 Å². The maximum atomic E-state index is 11.4. The smallest absolute Gasteiger partial charge is 0.175 e. The standard InChI is InChI=1S/C14H12Cl2O3S/c1-20(17,18)12-5-3-11(4-6-12)19-14-7-2-10(9-15)8-13(14)16/h2-8H,9H2,1H3. The van der Waals surface area contributed by atoms with E-state index in [9.17, 15) is 8.42 Å². The lowest BCUT2D eigenvalue weighted by molar-refractivity contribution is 0.482. The molecule has 0 saturated heterocycles. The molecule has 6 heteroatoms. The topological polar surface area (TPSA) is 43.4 Å². The SMILES string of the molecule is CS(=O)(=O)c1ccc(Oc2ccc(CCl)cc2Cl)cc1. The average Bonchev–Trinajstić information content (AvgIpc) is 2.40. The second-order valence-electron chi connectivity index (χ2n) is 4.24. The van der Waals surface area contributed by atoms with Crippen molar-refractivity contribution in [2.24, 2.45) is 0 Å². The number of benzene rings is 2. The van der Waals surface area contributed by atoms with Crippen molar-refractivity contribution in [1.29, 1.82) is 0 Å². The van der Waals surface area contributed by atoms with E-state index >= 15 is 0 Å². The van der Waals surface area contributed by atoms with Gasteiger partial charge >= 0.3 is 0 Å². The lowest BCUT2D eigenvalue weighted by Crippen LogP contribution is -1.96. The molecule has 0 saturated carbocycles. The largest absolute Gasteiger partial charge is 0.456 e. The number of halogens is 2. The molecule has 2 aromatic rings. The number of ether oxygens (including phenoxy) is 1. The molecule has 0 aliphatic carbocycles. The summed E-state index contributed by atoms with van der Waals surface area (Å²) in [4.78, 5) is 0.244. The van der Waals surface area contributed by atoms with Gasteiger partial charge in [-0.05, 0) is 42.0 Å². The van der Waals surface area contributed by atoms with E-state index in [-0.39, 0.29) is 4.90 Å². The molecule has 3 nitrogen and oxygen atoms in total. The van der Waals surface area contributed by atoms with Crippen molar-refractivity contribution in [2.45, 2.75) is 10.8 Å². The first-order valence-electron chi connectivity index (χ1n) is 5.72. The molecule has 106 valence electrons. The molecule has 0 atom stereocenters. The minimum Gasteiger partial charge on any atom is -0.456 e. The van der Waals surface area contributed by atoms with Crippen molar-refractivity contribution in [1.82, 2.24) is 0 Å². The molecule has 2 rings (SSSR count). The monoisotopic (exact) mass is 330 g/mol. The van der Waals surface area contributed by atoms with Crippen LogP contribution in [-0.2, 0) is 15.7 Å². The Morgan fingerprint density at radius 1 is 1.10 bits per heavy atom. The van der Waals surface area contributed by atoms with Crippen molar-refractivity contribution < 1.29 is 13.2 Å². The van der Waals surface area contributed by atoms with Gasteiger partial charge < -0.3 is 4.74 Å². The summed E-state index contributed by atoms with van der Waals surface area (Å²) in [7, 11) is -3.21. The summed E-state index contributed by atoms with van der Waals surface area (Å²) >= 11 is 11.8. The van der Waals surface area contributed by atoms with Gasteiger partial charge in [-0.2, -0.15) is 0 Å². The number of hydrogen-bond donors (Lipinski definition) is 0. The third-order valence-electron chi connectivity index (χ3n) is 2.63. The van der Waals surface area contributed by atoms with E-state index in [4.69, 9.17) is 27.9 Å². The van der Waals surface area contributed by atoms with E-state index in [1.165, 1.54) is 12.1 Å². The fraction of sp³-hybridized carbons (Fsp3) is 0.143. The number of hydrogen-bond acceptors (Lipinski definition) is 3. The van der Waals surface area contributed by atoms with Crippen molar-refractivity contribution in [3.05, 3.63) is 53.1 Å². The van der Waals surface area contributed by atoms with Crippen LogP contribution >= 0.6 is 23.2 Å². The molecule has 20 heavy (non-hydrogen) atoms. The molecule has 0 aromatic heterocycles. The van der Waals surface area contributed by atoms with Gasteiger partial charge in [0.25, 0.3) is 0 Å². The van der Waals surface area contributed by atoms with Crippen LogP contribution in [0.3, 0.4) is 0 Å². The summed E-state index contributed by atoms with van der Waals surface area (Å²) in [6.45, 7) is 0. The van der Waals surface area contributed by atoms with E-state index in [0.717, 1.165) is 11.8 Å². The second kappa shape index (κ2) is 6.04. The van der Waals surface area contributed by atoms with Gasteiger partial charge in [-0.25, -0.2) is 8.42 Å². The molecule has 0 fully saturated rings. The minimum absolute atomic E-state index is 0.244. The van der Waals surface area contributed by atoms with Crippen LogP contribution in [0.25, 0.3) is 0 Å². The zero-order valence-corrected chi connectivity index (χ0v) is 13.0. The predicted octanol–water partition coefficient (Wildman–Crippen LogP) is 4.27. The Labute approximate surface area is 128 Å². The normalized spacial score (nSPS) is 11.3. The number of sulfone groups is 1. The fourth-order valence-corrected chi connectivity index (χ4v) is 2.63. The van der Waals surface area contributed by atoms with Crippen molar-refractivity contribution in [2.75, 3.05) is 6.26 Å². The third-order valence-corrected chi connectivity index (χ3v) is 4.36. The minimum atomic E-state index is -3.21. The van der Waals surface area contributed by atoms with Crippen molar-refractivity contribution >= 4 is 33.0 Å². The van der Waals surface area contributed by atoms with Gasteiger partial charge in [0.2, 0.25) is 0 Å². The Hall–Kier alpha value is -1.23. The molecule has 0 N–H and O–H groups in total. The summed E-state index contributed by atoms with van der Waals surface area (Å²) in [6, 6.07) is 11.4. The van der Waals surface area contributed by atoms with Crippen LogP contribution in [0.4, 0.5) is 0 Å². The second-order valence-corrected chi connectivity index (χ2v) is 6.93. The zero-order chi connectivity index (χ0) is 14.8. The molecule has 0 spiro atoms. The van der Waals surface area contributed by atoms with Crippen molar-refractivity contribution in [3.8, 4) is 11.5 Å². The van der Waals surface area contributed by atoms with E-state index in [2.05, 4.69) is 0 Å². The van der Waals surface area contributed by atoms with Crippen LogP contribution in [0, 0.1) is 0 Å². The Morgan fingerprint density at radius 3 is 2.25 bits per heavy atom. The summed E-state index contributed by atoms with van der Waals surface area (Å²) in [5.41, 5.74) is 0.899. The first kappa shape index (κ1) is 15.2. The molecule has 0 radical (unpaired) electrons. The summed E-state index contributed by atoms with van der Waals surface area (Å²) in [5, 5.41) is 0.454.